The summed E-state index contributed by atoms with van der Waals surface area (Å²) in [7, 11) is 0. The van der Waals surface area contributed by atoms with E-state index in [4.69, 9.17) is 4.74 Å². The number of benzene rings is 1. The van der Waals surface area contributed by atoms with Gasteiger partial charge in [-0.15, -0.1) is 0 Å². The summed E-state index contributed by atoms with van der Waals surface area (Å²) in [6.07, 6.45) is 2.60. The number of piperidine rings is 1. The largest absolute Gasteiger partial charge is 0.378 e. The molecule has 0 atom stereocenters. The van der Waals surface area contributed by atoms with Crippen LogP contribution in [0.25, 0.3) is 0 Å². The Kier molecular flexibility index (Phi) is 5.11. The van der Waals surface area contributed by atoms with E-state index in [9.17, 15) is 4.79 Å². The lowest BCUT2D eigenvalue weighted by atomic mass is 9.99. The monoisotopic (exact) mass is 302 g/mol. The van der Waals surface area contributed by atoms with Crippen molar-refractivity contribution in [3.8, 4) is 0 Å². The molecule has 1 aromatic carbocycles. The van der Waals surface area contributed by atoms with Crippen LogP contribution >= 0.6 is 0 Å². The molecule has 2 saturated heterocycles. The van der Waals surface area contributed by atoms with Crippen molar-refractivity contribution in [2.24, 2.45) is 5.92 Å². The third-order valence-corrected chi connectivity index (χ3v) is 4.78. The van der Waals surface area contributed by atoms with Crippen LogP contribution in [0.4, 0.5) is 0 Å². The van der Waals surface area contributed by atoms with Crippen molar-refractivity contribution < 1.29 is 9.53 Å². The minimum absolute atomic E-state index is 0.127. The van der Waals surface area contributed by atoms with E-state index in [1.807, 2.05) is 17.0 Å². The SMILES string of the molecule is CC1CCN(Cc2ccc(C(=O)N3CCOCC3)cc2)CC1. The molecule has 2 aliphatic rings. The lowest BCUT2D eigenvalue weighted by Crippen LogP contribution is -2.40. The molecule has 22 heavy (non-hydrogen) atoms. The number of morpholine rings is 1. The van der Waals surface area contributed by atoms with E-state index in [0.717, 1.165) is 18.0 Å². The van der Waals surface area contributed by atoms with Crippen LogP contribution in [0.3, 0.4) is 0 Å². The zero-order valence-corrected chi connectivity index (χ0v) is 13.5. The predicted molar refractivity (Wildman–Crippen MR) is 86.8 cm³/mol. The topological polar surface area (TPSA) is 32.8 Å². The normalized spacial score (nSPS) is 21.0. The highest BCUT2D eigenvalue weighted by Gasteiger charge is 2.19. The fraction of sp³-hybridized carbons (Fsp3) is 0.611. The van der Waals surface area contributed by atoms with Crippen LogP contribution in [0.1, 0.15) is 35.7 Å². The Bertz CT molecular complexity index is 486. The fourth-order valence-corrected chi connectivity index (χ4v) is 3.18. The van der Waals surface area contributed by atoms with E-state index >= 15 is 0 Å². The molecule has 2 fully saturated rings. The van der Waals surface area contributed by atoms with Crippen molar-refractivity contribution in [2.45, 2.75) is 26.3 Å². The molecule has 0 saturated carbocycles. The number of ether oxygens (including phenoxy) is 1. The van der Waals surface area contributed by atoms with E-state index in [1.54, 1.807) is 0 Å². The van der Waals surface area contributed by atoms with Gasteiger partial charge >= 0.3 is 0 Å². The van der Waals surface area contributed by atoms with Crippen LogP contribution < -0.4 is 0 Å². The summed E-state index contributed by atoms with van der Waals surface area (Å²) in [6, 6.07) is 8.15. The first-order valence-corrected chi connectivity index (χ1v) is 8.40. The highest BCUT2D eigenvalue weighted by molar-refractivity contribution is 5.94. The third-order valence-electron chi connectivity index (χ3n) is 4.78. The summed E-state index contributed by atoms with van der Waals surface area (Å²) < 4.78 is 5.30. The van der Waals surface area contributed by atoms with E-state index in [-0.39, 0.29) is 5.91 Å². The second kappa shape index (κ2) is 7.25. The average molecular weight is 302 g/mol. The molecular formula is C18H26N2O2. The highest BCUT2D eigenvalue weighted by atomic mass is 16.5. The molecule has 3 rings (SSSR count). The Morgan fingerprint density at radius 1 is 1.09 bits per heavy atom. The number of carbonyl (C=O) groups is 1. The van der Waals surface area contributed by atoms with E-state index < -0.39 is 0 Å². The van der Waals surface area contributed by atoms with Gasteiger partial charge in [0.25, 0.3) is 5.91 Å². The molecule has 2 aliphatic heterocycles. The van der Waals surface area contributed by atoms with Gasteiger partial charge in [-0.05, 0) is 49.5 Å². The maximum atomic E-state index is 12.4. The van der Waals surface area contributed by atoms with Gasteiger partial charge in [-0.3, -0.25) is 9.69 Å². The minimum Gasteiger partial charge on any atom is -0.378 e. The Hall–Kier alpha value is -1.39. The molecule has 0 aromatic heterocycles. The fourth-order valence-electron chi connectivity index (χ4n) is 3.18. The van der Waals surface area contributed by atoms with Crippen LogP contribution in [-0.2, 0) is 11.3 Å². The molecule has 0 spiro atoms. The second-order valence-electron chi connectivity index (χ2n) is 6.56. The second-order valence-corrected chi connectivity index (χ2v) is 6.56. The van der Waals surface area contributed by atoms with Gasteiger partial charge in [0.1, 0.15) is 0 Å². The molecule has 0 N–H and O–H groups in total. The van der Waals surface area contributed by atoms with Crippen LogP contribution in [0.2, 0.25) is 0 Å². The summed E-state index contributed by atoms with van der Waals surface area (Å²) in [4.78, 5) is 16.8. The molecule has 0 bridgehead atoms. The maximum Gasteiger partial charge on any atom is 0.254 e. The van der Waals surface area contributed by atoms with Crippen molar-refractivity contribution >= 4 is 5.91 Å². The Balaban J connectivity index is 1.56. The molecule has 1 aromatic rings. The number of hydrogen-bond donors (Lipinski definition) is 0. The van der Waals surface area contributed by atoms with Gasteiger partial charge in [-0.2, -0.15) is 0 Å². The molecule has 4 nitrogen and oxygen atoms in total. The van der Waals surface area contributed by atoms with Gasteiger partial charge in [0.05, 0.1) is 13.2 Å². The van der Waals surface area contributed by atoms with E-state index in [2.05, 4.69) is 24.0 Å². The van der Waals surface area contributed by atoms with Crippen molar-refractivity contribution in [1.29, 1.82) is 0 Å². The van der Waals surface area contributed by atoms with Gasteiger partial charge in [-0.1, -0.05) is 19.1 Å². The van der Waals surface area contributed by atoms with Crippen molar-refractivity contribution in [3.05, 3.63) is 35.4 Å². The Morgan fingerprint density at radius 3 is 2.36 bits per heavy atom. The summed E-state index contributed by atoms with van der Waals surface area (Å²) in [6.45, 7) is 8.42. The molecule has 120 valence electrons. The third kappa shape index (κ3) is 3.87. The van der Waals surface area contributed by atoms with Crippen LogP contribution in [0.15, 0.2) is 24.3 Å². The quantitative estimate of drug-likeness (QED) is 0.859. The van der Waals surface area contributed by atoms with Gasteiger partial charge in [-0.25, -0.2) is 0 Å². The highest BCUT2D eigenvalue weighted by Crippen LogP contribution is 2.18. The van der Waals surface area contributed by atoms with E-state index in [1.165, 1.54) is 31.5 Å². The number of rotatable bonds is 3. The molecule has 2 heterocycles. The van der Waals surface area contributed by atoms with Gasteiger partial charge in [0, 0.05) is 25.2 Å². The molecule has 0 aliphatic carbocycles. The lowest BCUT2D eigenvalue weighted by molar-refractivity contribution is 0.0303. The summed E-state index contributed by atoms with van der Waals surface area (Å²) >= 11 is 0. The number of amides is 1. The predicted octanol–water partition coefficient (Wildman–Crippen LogP) is 2.39. The van der Waals surface area contributed by atoms with Crippen molar-refractivity contribution in [2.75, 3.05) is 39.4 Å². The zero-order valence-electron chi connectivity index (χ0n) is 13.5. The number of likely N-dealkylation sites (tertiary alicyclic amines) is 1. The first-order valence-electron chi connectivity index (χ1n) is 8.40. The van der Waals surface area contributed by atoms with Crippen LogP contribution in [0, 0.1) is 5.92 Å². The summed E-state index contributed by atoms with van der Waals surface area (Å²) in [5.74, 6) is 0.992. The number of nitrogens with zero attached hydrogens (tertiary/aromatic N) is 2. The smallest absolute Gasteiger partial charge is 0.254 e. The van der Waals surface area contributed by atoms with Crippen LogP contribution in [0.5, 0.6) is 0 Å². The van der Waals surface area contributed by atoms with E-state index in [0.29, 0.717) is 26.3 Å². The Labute approximate surface area is 133 Å². The first-order chi connectivity index (χ1) is 10.7. The average Bonchev–Trinajstić information content (AvgIpc) is 2.58. The van der Waals surface area contributed by atoms with Gasteiger partial charge in [0.2, 0.25) is 0 Å². The molecule has 1 amide bonds. The van der Waals surface area contributed by atoms with Crippen LogP contribution in [-0.4, -0.2) is 55.1 Å². The lowest BCUT2D eigenvalue weighted by Gasteiger charge is -2.30. The number of hydrogen-bond acceptors (Lipinski definition) is 3. The van der Waals surface area contributed by atoms with Gasteiger partial charge < -0.3 is 9.64 Å². The van der Waals surface area contributed by atoms with Gasteiger partial charge in [0.15, 0.2) is 0 Å². The molecule has 4 heteroatoms. The Morgan fingerprint density at radius 2 is 1.73 bits per heavy atom. The molecule has 0 radical (unpaired) electrons. The number of carbonyl (C=O) groups excluding carboxylic acids is 1. The van der Waals surface area contributed by atoms with Crippen molar-refractivity contribution in [3.63, 3.8) is 0 Å². The zero-order chi connectivity index (χ0) is 15.4. The van der Waals surface area contributed by atoms with Crippen molar-refractivity contribution in [1.82, 2.24) is 9.80 Å². The minimum atomic E-state index is 0.127. The maximum absolute atomic E-state index is 12.4. The standard InChI is InChI=1S/C18H26N2O2/c1-15-6-8-19(9-7-15)14-16-2-4-17(5-3-16)18(21)20-10-12-22-13-11-20/h2-5,15H,6-14H2,1H3. The molecule has 0 unspecified atom stereocenters. The summed E-state index contributed by atoms with van der Waals surface area (Å²) in [5, 5.41) is 0. The first kappa shape index (κ1) is 15.5. The summed E-state index contributed by atoms with van der Waals surface area (Å²) in [5.41, 5.74) is 2.09. The molecular weight excluding hydrogens is 276 g/mol.